The topological polar surface area (TPSA) is 99.9 Å². The molecule has 8 nitrogen and oxygen atoms in total. The van der Waals surface area contributed by atoms with Crippen LogP contribution in [0.1, 0.15) is 11.1 Å². The van der Waals surface area contributed by atoms with Crippen molar-refractivity contribution in [3.05, 3.63) is 43.4 Å². The minimum atomic E-state index is -4.78. The van der Waals surface area contributed by atoms with Crippen LogP contribution in [0.3, 0.4) is 0 Å². The van der Waals surface area contributed by atoms with Crippen molar-refractivity contribution in [3.63, 3.8) is 0 Å². The van der Waals surface area contributed by atoms with E-state index in [-0.39, 0.29) is 32.1 Å². The lowest BCUT2D eigenvalue weighted by Crippen LogP contribution is -2.44. The molecule has 0 saturated carbocycles. The van der Waals surface area contributed by atoms with Crippen molar-refractivity contribution in [2.24, 2.45) is 0 Å². The fourth-order valence-corrected chi connectivity index (χ4v) is 3.08. The third-order valence-electron chi connectivity index (χ3n) is 3.61. The monoisotopic (exact) mass is 468 g/mol. The maximum Gasteiger partial charge on any atom is 0.429 e. The molecule has 1 heterocycles. The zero-order valence-corrected chi connectivity index (χ0v) is 16.1. The van der Waals surface area contributed by atoms with Crippen LogP contribution in [0.15, 0.2) is 22.2 Å². The zero-order valence-electron chi connectivity index (χ0n) is 14.5. The molecular formula is C16H16BrF3N2O6. The molecule has 0 fully saturated rings. The Bertz CT molecular complexity index is 784. The Morgan fingerprint density at radius 1 is 1.36 bits per heavy atom. The highest BCUT2D eigenvalue weighted by molar-refractivity contribution is 9.10. The van der Waals surface area contributed by atoms with Gasteiger partial charge in [-0.3, -0.25) is 4.79 Å². The highest BCUT2D eigenvalue weighted by Crippen LogP contribution is 2.40. The molecule has 28 heavy (non-hydrogen) atoms. The van der Waals surface area contributed by atoms with Crippen molar-refractivity contribution in [2.75, 3.05) is 26.4 Å². The molecule has 1 atom stereocenters. The second kappa shape index (κ2) is 9.24. The Morgan fingerprint density at radius 3 is 2.71 bits per heavy atom. The fraction of sp³-hybridized carbons (Fsp3) is 0.438. The number of nitrogens with one attached hydrogen (secondary N) is 1. The van der Waals surface area contributed by atoms with E-state index in [1.54, 1.807) is 19.1 Å². The summed E-state index contributed by atoms with van der Waals surface area (Å²) in [6, 6.07) is 3.17. The van der Waals surface area contributed by atoms with Gasteiger partial charge in [0.05, 0.1) is 18.8 Å². The molecule has 1 amide bonds. The number of alkyl halides is 3. The molecule has 1 unspecified atom stereocenters. The number of aryl methyl sites for hydroxylation is 1. The Hall–Kier alpha value is -2.34. The van der Waals surface area contributed by atoms with Crippen molar-refractivity contribution in [2.45, 2.75) is 19.2 Å². The number of amides is 1. The van der Waals surface area contributed by atoms with E-state index in [2.05, 4.69) is 26.1 Å². The molecule has 0 bridgehead atoms. The SMILES string of the molecule is Cc1cc(Br)cc2c1OC(C(F)(F)F)C(C(=O)NCCOCCO[N+](=O)[O-])=C2. The van der Waals surface area contributed by atoms with Crippen LogP contribution in [0.2, 0.25) is 0 Å². The third-order valence-corrected chi connectivity index (χ3v) is 4.07. The Labute approximate surface area is 165 Å². The van der Waals surface area contributed by atoms with Crippen LogP contribution < -0.4 is 10.1 Å². The van der Waals surface area contributed by atoms with Crippen LogP contribution in [-0.2, 0) is 14.4 Å². The summed E-state index contributed by atoms with van der Waals surface area (Å²) in [6.45, 7) is 1.06. The number of ether oxygens (including phenoxy) is 2. The summed E-state index contributed by atoms with van der Waals surface area (Å²) >= 11 is 3.26. The number of rotatable bonds is 8. The average molecular weight is 469 g/mol. The van der Waals surface area contributed by atoms with Crippen LogP contribution in [0, 0.1) is 17.0 Å². The molecule has 1 aliphatic heterocycles. The first-order valence-electron chi connectivity index (χ1n) is 7.98. The van der Waals surface area contributed by atoms with E-state index < -0.39 is 28.8 Å². The van der Waals surface area contributed by atoms with Crippen LogP contribution in [0.5, 0.6) is 5.75 Å². The molecule has 0 spiro atoms. The molecule has 1 aliphatic rings. The largest absolute Gasteiger partial charge is 0.475 e. The van der Waals surface area contributed by atoms with Crippen molar-refractivity contribution in [3.8, 4) is 5.75 Å². The predicted molar refractivity (Wildman–Crippen MR) is 94.1 cm³/mol. The summed E-state index contributed by atoms with van der Waals surface area (Å²) in [5.41, 5.74) is 0.277. The quantitative estimate of drug-likeness (QED) is 0.357. The van der Waals surface area contributed by atoms with E-state index in [4.69, 9.17) is 9.47 Å². The molecule has 0 aliphatic carbocycles. The van der Waals surface area contributed by atoms with Gasteiger partial charge in [0.25, 0.3) is 11.0 Å². The highest BCUT2D eigenvalue weighted by Gasteiger charge is 2.48. The number of benzene rings is 1. The number of hydrogen-bond acceptors (Lipinski definition) is 6. The fourth-order valence-electron chi connectivity index (χ4n) is 2.49. The Balaban J connectivity index is 2.04. The Morgan fingerprint density at radius 2 is 2.07 bits per heavy atom. The van der Waals surface area contributed by atoms with Gasteiger partial charge in [0.15, 0.2) is 0 Å². The van der Waals surface area contributed by atoms with Crippen LogP contribution >= 0.6 is 15.9 Å². The van der Waals surface area contributed by atoms with Gasteiger partial charge in [0.1, 0.15) is 12.4 Å². The smallest absolute Gasteiger partial charge is 0.429 e. The second-order valence-electron chi connectivity index (χ2n) is 5.71. The van der Waals surface area contributed by atoms with Gasteiger partial charge < -0.3 is 19.6 Å². The first-order valence-corrected chi connectivity index (χ1v) is 8.77. The van der Waals surface area contributed by atoms with Crippen molar-refractivity contribution in [1.29, 1.82) is 0 Å². The standard InChI is InChI=1S/C16H16BrF3N2O6/c1-9-6-11(17)7-10-8-12(14(16(18,19)20)28-13(9)10)15(23)21-2-3-26-4-5-27-22(24)25/h6-8,14H,2-5H2,1H3,(H,21,23). The van der Waals surface area contributed by atoms with Gasteiger partial charge in [-0.2, -0.15) is 13.2 Å². The van der Waals surface area contributed by atoms with Crippen LogP contribution in [-0.4, -0.2) is 49.6 Å². The number of carbonyl (C=O) groups excluding carboxylic acids is 1. The van der Waals surface area contributed by atoms with Crippen LogP contribution in [0.4, 0.5) is 13.2 Å². The van der Waals surface area contributed by atoms with Gasteiger partial charge in [-0.05, 0) is 30.7 Å². The summed E-state index contributed by atoms with van der Waals surface area (Å²) in [6.07, 6.45) is -6.03. The summed E-state index contributed by atoms with van der Waals surface area (Å²) in [7, 11) is 0. The number of carbonyl (C=O) groups is 1. The molecule has 0 aromatic heterocycles. The van der Waals surface area contributed by atoms with Gasteiger partial charge in [-0.1, -0.05) is 15.9 Å². The maximum atomic E-state index is 13.4. The lowest BCUT2D eigenvalue weighted by Gasteiger charge is -2.29. The summed E-state index contributed by atoms with van der Waals surface area (Å²) in [4.78, 5) is 26.2. The van der Waals surface area contributed by atoms with Gasteiger partial charge in [0.2, 0.25) is 6.10 Å². The molecule has 0 saturated heterocycles. The van der Waals surface area contributed by atoms with E-state index in [0.717, 1.165) is 6.08 Å². The normalized spacial score (nSPS) is 15.9. The molecule has 154 valence electrons. The highest BCUT2D eigenvalue weighted by atomic mass is 79.9. The summed E-state index contributed by atoms with van der Waals surface area (Å²) in [5, 5.41) is 11.3. The molecule has 2 rings (SSSR count). The molecular weight excluding hydrogens is 453 g/mol. The zero-order chi connectivity index (χ0) is 20.9. The average Bonchev–Trinajstić information content (AvgIpc) is 2.58. The minimum absolute atomic E-state index is 0.0567. The molecule has 1 aromatic carbocycles. The number of hydrogen-bond donors (Lipinski definition) is 1. The third kappa shape index (κ3) is 5.83. The lowest BCUT2D eigenvalue weighted by molar-refractivity contribution is -0.758. The van der Waals surface area contributed by atoms with Gasteiger partial charge in [-0.25, -0.2) is 0 Å². The maximum absolute atomic E-state index is 13.4. The molecule has 0 radical (unpaired) electrons. The minimum Gasteiger partial charge on any atom is -0.475 e. The van der Waals surface area contributed by atoms with Crippen molar-refractivity contribution in [1.82, 2.24) is 5.32 Å². The molecule has 1 aromatic rings. The van der Waals surface area contributed by atoms with E-state index in [1.165, 1.54) is 0 Å². The van der Waals surface area contributed by atoms with Gasteiger partial charge >= 0.3 is 6.18 Å². The van der Waals surface area contributed by atoms with E-state index in [9.17, 15) is 28.1 Å². The van der Waals surface area contributed by atoms with Crippen molar-refractivity contribution < 1.29 is 37.4 Å². The lowest BCUT2D eigenvalue weighted by atomic mass is 9.98. The molecule has 12 heteroatoms. The number of nitrogens with zero attached hydrogens (tertiary/aromatic N) is 1. The van der Waals surface area contributed by atoms with Crippen molar-refractivity contribution >= 4 is 27.9 Å². The predicted octanol–water partition coefficient (Wildman–Crippen LogP) is 2.81. The first-order chi connectivity index (χ1) is 13.1. The van der Waals surface area contributed by atoms with Crippen LogP contribution in [0.25, 0.3) is 6.08 Å². The van der Waals surface area contributed by atoms with E-state index in [1.807, 2.05) is 0 Å². The summed E-state index contributed by atoms with van der Waals surface area (Å²) in [5.74, 6) is -0.882. The number of halogens is 4. The number of fused-ring (bicyclic) bond motifs is 1. The van der Waals surface area contributed by atoms with E-state index >= 15 is 0 Å². The first kappa shape index (κ1) is 22.0. The Kier molecular flexibility index (Phi) is 7.24. The molecule has 1 N–H and O–H groups in total. The summed E-state index contributed by atoms with van der Waals surface area (Å²) < 4.78 is 50.9. The van der Waals surface area contributed by atoms with Gasteiger partial charge in [0, 0.05) is 16.6 Å². The van der Waals surface area contributed by atoms with E-state index in [0.29, 0.717) is 15.6 Å². The second-order valence-corrected chi connectivity index (χ2v) is 6.62. The van der Waals surface area contributed by atoms with Gasteiger partial charge in [-0.15, -0.1) is 10.1 Å².